The number of alkyl halides is 1. The SMILES string of the molecule is N#CCC(F)(CO)CO. The third kappa shape index (κ3) is 2.40. The Morgan fingerprint density at radius 1 is 1.44 bits per heavy atom. The van der Waals surface area contributed by atoms with Crippen LogP contribution in [-0.2, 0) is 0 Å². The predicted molar refractivity (Wildman–Crippen MR) is 28.2 cm³/mol. The third-order valence-corrected chi connectivity index (χ3v) is 0.963. The molecule has 0 heterocycles. The Morgan fingerprint density at radius 2 is 1.89 bits per heavy atom. The van der Waals surface area contributed by atoms with Crippen LogP contribution in [0.15, 0.2) is 0 Å². The molecule has 0 saturated carbocycles. The monoisotopic (exact) mass is 133 g/mol. The Balaban J connectivity index is 3.80. The number of halogens is 1. The molecule has 9 heavy (non-hydrogen) atoms. The molecule has 0 aliphatic carbocycles. The van der Waals surface area contributed by atoms with Gasteiger partial charge in [-0.1, -0.05) is 0 Å². The van der Waals surface area contributed by atoms with Gasteiger partial charge in [-0.25, -0.2) is 4.39 Å². The second-order valence-corrected chi connectivity index (χ2v) is 1.80. The molecule has 0 aromatic rings. The summed E-state index contributed by atoms with van der Waals surface area (Å²) < 4.78 is 12.5. The normalized spacial score (nSPS) is 10.9. The molecule has 2 N–H and O–H groups in total. The van der Waals surface area contributed by atoms with E-state index < -0.39 is 25.3 Å². The summed E-state index contributed by atoms with van der Waals surface area (Å²) in [6.45, 7) is -1.62. The summed E-state index contributed by atoms with van der Waals surface area (Å²) in [7, 11) is 0. The molecule has 0 aromatic heterocycles. The maximum atomic E-state index is 12.5. The average Bonchev–Trinajstić information content (AvgIpc) is 1.89. The van der Waals surface area contributed by atoms with Crippen molar-refractivity contribution >= 4 is 0 Å². The number of hydrogen-bond acceptors (Lipinski definition) is 3. The fraction of sp³-hybridized carbons (Fsp3) is 0.800. The van der Waals surface area contributed by atoms with Gasteiger partial charge in [-0.2, -0.15) is 5.26 Å². The first-order valence-electron chi connectivity index (χ1n) is 2.46. The fourth-order valence-corrected chi connectivity index (χ4v) is 0.303. The number of hydrogen-bond donors (Lipinski definition) is 2. The van der Waals surface area contributed by atoms with E-state index in [0.717, 1.165) is 0 Å². The molecule has 0 saturated heterocycles. The van der Waals surface area contributed by atoms with Gasteiger partial charge in [0.25, 0.3) is 0 Å². The number of aliphatic hydroxyl groups excluding tert-OH is 2. The van der Waals surface area contributed by atoms with E-state index in [0.29, 0.717) is 0 Å². The van der Waals surface area contributed by atoms with Crippen molar-refractivity contribution in [2.24, 2.45) is 0 Å². The minimum atomic E-state index is -2.12. The molecule has 0 aliphatic rings. The largest absolute Gasteiger partial charge is 0.393 e. The second kappa shape index (κ2) is 3.38. The molecule has 52 valence electrons. The average molecular weight is 133 g/mol. The Bertz CT molecular complexity index is 117. The van der Waals surface area contributed by atoms with Crippen molar-refractivity contribution in [3.63, 3.8) is 0 Å². The second-order valence-electron chi connectivity index (χ2n) is 1.80. The lowest BCUT2D eigenvalue weighted by molar-refractivity contribution is 0.0199. The van der Waals surface area contributed by atoms with E-state index in [-0.39, 0.29) is 0 Å². The minimum absolute atomic E-state index is 0.472. The van der Waals surface area contributed by atoms with Gasteiger partial charge in [0.1, 0.15) is 0 Å². The summed E-state index contributed by atoms with van der Waals surface area (Å²) >= 11 is 0. The number of nitrogens with zero attached hydrogens (tertiary/aromatic N) is 1. The Kier molecular flexibility index (Phi) is 3.13. The van der Waals surface area contributed by atoms with Crippen molar-refractivity contribution in [2.75, 3.05) is 13.2 Å². The van der Waals surface area contributed by atoms with Crippen LogP contribution in [0.4, 0.5) is 4.39 Å². The molecule has 0 unspecified atom stereocenters. The van der Waals surface area contributed by atoms with Crippen molar-refractivity contribution in [3.05, 3.63) is 0 Å². The van der Waals surface area contributed by atoms with E-state index >= 15 is 0 Å². The summed E-state index contributed by atoms with van der Waals surface area (Å²) in [6, 6.07) is 1.52. The maximum Gasteiger partial charge on any atom is 0.169 e. The first-order valence-corrected chi connectivity index (χ1v) is 2.46. The van der Waals surface area contributed by atoms with Crippen LogP contribution < -0.4 is 0 Å². The first-order chi connectivity index (χ1) is 4.18. The standard InChI is InChI=1S/C5H8FNO2/c6-5(3-8,4-9)1-2-7/h8-9H,1,3-4H2. The lowest BCUT2D eigenvalue weighted by Gasteiger charge is -2.14. The molecule has 4 heteroatoms. The molecule has 0 rings (SSSR count). The van der Waals surface area contributed by atoms with Crippen molar-refractivity contribution in [1.29, 1.82) is 5.26 Å². The van der Waals surface area contributed by atoms with Gasteiger partial charge in [0, 0.05) is 0 Å². The van der Waals surface area contributed by atoms with Crippen LogP contribution in [0, 0.1) is 11.3 Å². The molecule has 0 fully saturated rings. The van der Waals surface area contributed by atoms with Crippen LogP contribution in [-0.4, -0.2) is 29.1 Å². The fourth-order valence-electron chi connectivity index (χ4n) is 0.303. The summed E-state index contributed by atoms with van der Waals surface area (Å²) in [6.07, 6.45) is -0.472. The van der Waals surface area contributed by atoms with Crippen LogP contribution in [0.25, 0.3) is 0 Å². The lowest BCUT2D eigenvalue weighted by atomic mass is 10.1. The topological polar surface area (TPSA) is 64.2 Å². The molecule has 0 spiro atoms. The van der Waals surface area contributed by atoms with Gasteiger partial charge < -0.3 is 10.2 Å². The summed E-state index contributed by atoms with van der Waals surface area (Å²) in [4.78, 5) is 0. The van der Waals surface area contributed by atoms with E-state index in [1.165, 1.54) is 6.07 Å². The van der Waals surface area contributed by atoms with Gasteiger partial charge in [0.15, 0.2) is 5.67 Å². The van der Waals surface area contributed by atoms with Crippen molar-refractivity contribution in [2.45, 2.75) is 12.1 Å². The number of nitriles is 1. The highest BCUT2D eigenvalue weighted by atomic mass is 19.1. The molecular weight excluding hydrogens is 125 g/mol. The van der Waals surface area contributed by atoms with Gasteiger partial charge >= 0.3 is 0 Å². The summed E-state index contributed by atoms with van der Waals surface area (Å²) in [5, 5.41) is 24.4. The molecule has 0 radical (unpaired) electrons. The molecule has 0 bridgehead atoms. The van der Waals surface area contributed by atoms with E-state index in [4.69, 9.17) is 15.5 Å². The van der Waals surface area contributed by atoms with Crippen LogP contribution in [0.5, 0.6) is 0 Å². The number of rotatable bonds is 3. The van der Waals surface area contributed by atoms with Gasteiger partial charge in [-0.15, -0.1) is 0 Å². The predicted octanol–water partition coefficient (Wildman–Crippen LogP) is -0.407. The van der Waals surface area contributed by atoms with E-state index in [9.17, 15) is 4.39 Å². The molecule has 3 nitrogen and oxygen atoms in total. The van der Waals surface area contributed by atoms with E-state index in [2.05, 4.69) is 0 Å². The minimum Gasteiger partial charge on any atom is -0.393 e. The summed E-state index contributed by atoms with van der Waals surface area (Å²) in [5.41, 5.74) is -2.12. The zero-order valence-corrected chi connectivity index (χ0v) is 4.84. The van der Waals surface area contributed by atoms with E-state index in [1.807, 2.05) is 0 Å². The van der Waals surface area contributed by atoms with Crippen LogP contribution in [0.2, 0.25) is 0 Å². The molecular formula is C5H8FNO2. The van der Waals surface area contributed by atoms with Gasteiger partial charge in [-0.05, 0) is 0 Å². The quantitative estimate of drug-likeness (QED) is 0.550. The third-order valence-electron chi connectivity index (χ3n) is 0.963. The molecule has 0 atom stereocenters. The Labute approximate surface area is 52.3 Å². The lowest BCUT2D eigenvalue weighted by Crippen LogP contribution is -2.31. The van der Waals surface area contributed by atoms with Crippen LogP contribution in [0.3, 0.4) is 0 Å². The van der Waals surface area contributed by atoms with Gasteiger partial charge in [0.05, 0.1) is 25.7 Å². The highest BCUT2D eigenvalue weighted by Gasteiger charge is 2.27. The first kappa shape index (κ1) is 8.34. The molecule has 0 amide bonds. The zero-order chi connectivity index (χ0) is 7.33. The van der Waals surface area contributed by atoms with Crippen LogP contribution in [0.1, 0.15) is 6.42 Å². The van der Waals surface area contributed by atoms with Crippen molar-refractivity contribution in [1.82, 2.24) is 0 Å². The van der Waals surface area contributed by atoms with Crippen LogP contribution >= 0.6 is 0 Å². The van der Waals surface area contributed by atoms with Crippen molar-refractivity contribution < 1.29 is 14.6 Å². The highest BCUT2D eigenvalue weighted by molar-refractivity contribution is 4.88. The highest BCUT2D eigenvalue weighted by Crippen LogP contribution is 2.12. The zero-order valence-electron chi connectivity index (χ0n) is 4.84. The van der Waals surface area contributed by atoms with E-state index in [1.54, 1.807) is 0 Å². The maximum absolute atomic E-state index is 12.5. The smallest absolute Gasteiger partial charge is 0.169 e. The van der Waals surface area contributed by atoms with Crippen molar-refractivity contribution in [3.8, 4) is 6.07 Å². The summed E-state index contributed by atoms with van der Waals surface area (Å²) in [5.74, 6) is 0. The van der Waals surface area contributed by atoms with Gasteiger partial charge in [-0.3, -0.25) is 0 Å². The molecule has 0 aromatic carbocycles. The Morgan fingerprint density at radius 3 is 2.00 bits per heavy atom. The number of aliphatic hydroxyl groups is 2. The van der Waals surface area contributed by atoms with Gasteiger partial charge in [0.2, 0.25) is 0 Å². The Hall–Kier alpha value is -0.660. The molecule has 0 aliphatic heterocycles.